The van der Waals surface area contributed by atoms with Crippen LogP contribution in [0.1, 0.15) is 16.7 Å². The van der Waals surface area contributed by atoms with Crippen molar-refractivity contribution in [1.82, 2.24) is 14.5 Å². The third-order valence-electron chi connectivity index (χ3n) is 9.96. The first kappa shape index (κ1) is 32.3. The summed E-state index contributed by atoms with van der Waals surface area (Å²) in [5.41, 5.74) is 12.7. The normalized spacial score (nSPS) is 11.0. The highest BCUT2D eigenvalue weighted by atomic mass is 15.0. The molecule has 0 radical (unpaired) electrons. The van der Waals surface area contributed by atoms with Gasteiger partial charge in [0.2, 0.25) is 0 Å². The number of benzene rings is 7. The van der Waals surface area contributed by atoms with Gasteiger partial charge in [-0.1, -0.05) is 127 Å². The second-order valence-electron chi connectivity index (χ2n) is 13.3. The molecule has 0 fully saturated rings. The quantitative estimate of drug-likeness (QED) is 0.174. The van der Waals surface area contributed by atoms with Gasteiger partial charge in [0, 0.05) is 49.7 Å². The Morgan fingerprint density at radius 1 is 0.444 bits per heavy atom. The van der Waals surface area contributed by atoms with Crippen LogP contribution in [0.15, 0.2) is 170 Å². The van der Waals surface area contributed by atoms with Crippen molar-refractivity contribution in [3.05, 3.63) is 187 Å². The summed E-state index contributed by atoms with van der Waals surface area (Å²) in [5, 5.41) is 23.3. The Labute approximate surface area is 313 Å². The highest BCUT2D eigenvalue weighted by Gasteiger charge is 2.24. The van der Waals surface area contributed by atoms with Gasteiger partial charge in [0.15, 0.2) is 5.82 Å². The lowest BCUT2D eigenvalue weighted by Gasteiger charge is -2.22. The van der Waals surface area contributed by atoms with Crippen LogP contribution in [0.5, 0.6) is 0 Å². The molecule has 2 heterocycles. The molecule has 2 aromatic heterocycles. The average molecular weight is 690 g/mol. The van der Waals surface area contributed by atoms with E-state index in [-0.39, 0.29) is 0 Å². The zero-order valence-electron chi connectivity index (χ0n) is 29.4. The largest absolute Gasteiger partial charge is 0.308 e. The molecule has 0 spiro atoms. The first-order valence-corrected chi connectivity index (χ1v) is 17.8. The van der Waals surface area contributed by atoms with Gasteiger partial charge < -0.3 is 4.57 Å². The van der Waals surface area contributed by atoms with E-state index < -0.39 is 0 Å². The van der Waals surface area contributed by atoms with Gasteiger partial charge in [-0.15, -0.1) is 0 Å². The molecule has 0 aliphatic rings. The molecular weight excluding hydrogens is 659 g/mol. The Morgan fingerprint density at radius 2 is 0.963 bits per heavy atom. The zero-order chi connectivity index (χ0) is 36.6. The van der Waals surface area contributed by atoms with Gasteiger partial charge in [0.1, 0.15) is 0 Å². The molecule has 0 aliphatic carbocycles. The highest BCUT2D eigenvalue weighted by Crippen LogP contribution is 2.45. The van der Waals surface area contributed by atoms with E-state index in [2.05, 4.69) is 90.4 Å². The van der Waals surface area contributed by atoms with Crippen LogP contribution in [0, 0.1) is 29.6 Å². The molecule has 0 N–H and O–H groups in total. The first-order valence-electron chi connectivity index (χ1n) is 17.8. The van der Waals surface area contributed by atoms with Gasteiger partial charge in [-0.3, -0.25) is 0 Å². The minimum absolute atomic E-state index is 0.546. The smallest absolute Gasteiger partial charge is 0.160 e. The lowest BCUT2D eigenvalue weighted by atomic mass is 9.88. The third-order valence-corrected chi connectivity index (χ3v) is 9.96. The van der Waals surface area contributed by atoms with Crippen LogP contribution in [-0.2, 0) is 0 Å². The number of nitrogens with zero attached hydrogens (tertiary/aromatic N) is 5. The molecule has 5 nitrogen and oxygen atoms in total. The van der Waals surface area contributed by atoms with Crippen LogP contribution >= 0.6 is 0 Å². The molecule has 0 aliphatic heterocycles. The molecule has 0 saturated carbocycles. The predicted octanol–water partition coefficient (Wildman–Crippen LogP) is 12.0. The van der Waals surface area contributed by atoms with E-state index in [1.54, 1.807) is 0 Å². The molecule has 0 unspecified atom stereocenters. The predicted molar refractivity (Wildman–Crippen MR) is 218 cm³/mol. The Morgan fingerprint density at radius 3 is 1.59 bits per heavy atom. The van der Waals surface area contributed by atoms with Gasteiger partial charge in [0.25, 0.3) is 0 Å². The summed E-state index contributed by atoms with van der Waals surface area (Å²) in [6.07, 6.45) is 0. The van der Waals surface area contributed by atoms with E-state index in [0.29, 0.717) is 17.0 Å². The van der Waals surface area contributed by atoms with E-state index in [1.165, 1.54) is 0 Å². The molecule has 252 valence electrons. The fourth-order valence-corrected chi connectivity index (χ4v) is 7.46. The summed E-state index contributed by atoms with van der Waals surface area (Å²) >= 11 is 0. The van der Waals surface area contributed by atoms with E-state index in [9.17, 15) is 10.5 Å². The Hall–Kier alpha value is -7.60. The number of fused-ring (bicyclic) bond motifs is 3. The maximum absolute atomic E-state index is 10.5. The van der Waals surface area contributed by atoms with Gasteiger partial charge in [-0.25, -0.2) is 9.97 Å². The molecule has 0 saturated heterocycles. The third kappa shape index (κ3) is 5.58. The van der Waals surface area contributed by atoms with Crippen LogP contribution in [0.2, 0.25) is 0 Å². The number of rotatable bonds is 6. The molecule has 9 rings (SSSR count). The number of hydrogen-bond acceptors (Lipinski definition) is 4. The summed E-state index contributed by atoms with van der Waals surface area (Å²) in [5.74, 6) is 0.603. The van der Waals surface area contributed by atoms with E-state index in [4.69, 9.17) is 9.97 Å². The molecule has 0 amide bonds. The van der Waals surface area contributed by atoms with E-state index >= 15 is 0 Å². The second kappa shape index (κ2) is 13.5. The van der Waals surface area contributed by atoms with Crippen LogP contribution in [0.3, 0.4) is 0 Å². The van der Waals surface area contributed by atoms with E-state index in [0.717, 1.165) is 83.4 Å². The molecule has 7 aromatic carbocycles. The van der Waals surface area contributed by atoms with Crippen molar-refractivity contribution >= 4 is 21.8 Å². The zero-order valence-corrected chi connectivity index (χ0v) is 29.4. The minimum atomic E-state index is 0.546. The Kier molecular flexibility index (Phi) is 8.08. The van der Waals surface area contributed by atoms with Crippen molar-refractivity contribution < 1.29 is 0 Å². The molecule has 5 heteroatoms. The van der Waals surface area contributed by atoms with Gasteiger partial charge >= 0.3 is 0 Å². The maximum Gasteiger partial charge on any atom is 0.160 e. The molecule has 0 atom stereocenters. The van der Waals surface area contributed by atoms with E-state index in [1.807, 2.05) is 103 Å². The highest BCUT2D eigenvalue weighted by molar-refractivity contribution is 6.11. The average Bonchev–Trinajstić information content (AvgIpc) is 3.56. The summed E-state index contributed by atoms with van der Waals surface area (Å²) in [7, 11) is 0. The van der Waals surface area contributed by atoms with Crippen molar-refractivity contribution in [1.29, 1.82) is 10.5 Å². The lowest BCUT2D eigenvalue weighted by Crippen LogP contribution is -2.04. The number of hydrogen-bond donors (Lipinski definition) is 0. The number of aryl methyl sites for hydroxylation is 1. The summed E-state index contributed by atoms with van der Waals surface area (Å²) in [6, 6.07) is 61.8. The summed E-state index contributed by atoms with van der Waals surface area (Å²) in [4.78, 5) is 10.3. The standard InChI is InChI=1S/C49H31N5/c1-32-24-25-47-41(26-32)40-22-12-13-23-46(40)54(47)48-42(38-20-10-8-18-35(38)30-50)27-37(28-43(48)39-21-11-9-19-36(39)31-51)45-29-44(33-14-4-2-5-15-33)52-49(53-45)34-16-6-3-7-17-34/h2-29H,1H3. The van der Waals surface area contributed by atoms with Crippen LogP contribution in [-0.4, -0.2) is 14.5 Å². The van der Waals surface area contributed by atoms with Crippen molar-refractivity contribution in [2.75, 3.05) is 0 Å². The summed E-state index contributed by atoms with van der Waals surface area (Å²) in [6.45, 7) is 2.11. The van der Waals surface area contributed by atoms with Crippen molar-refractivity contribution in [3.8, 4) is 74.0 Å². The monoisotopic (exact) mass is 689 g/mol. The second-order valence-corrected chi connectivity index (χ2v) is 13.3. The Balaban J connectivity index is 1.46. The number of nitriles is 2. The number of para-hydroxylation sites is 1. The maximum atomic E-state index is 10.5. The lowest BCUT2D eigenvalue weighted by molar-refractivity contribution is 1.17. The van der Waals surface area contributed by atoms with Crippen LogP contribution < -0.4 is 0 Å². The SMILES string of the molecule is Cc1ccc2c(c1)c1ccccc1n2-c1c(-c2ccccc2C#N)cc(-c2cc(-c3ccccc3)nc(-c3ccccc3)n2)cc1-c1ccccc1C#N. The molecular formula is C49H31N5. The summed E-state index contributed by atoms with van der Waals surface area (Å²) < 4.78 is 2.30. The topological polar surface area (TPSA) is 78.3 Å². The molecule has 54 heavy (non-hydrogen) atoms. The van der Waals surface area contributed by atoms with Gasteiger partial charge in [0.05, 0.1) is 51.4 Å². The van der Waals surface area contributed by atoms with Gasteiger partial charge in [-0.05, 0) is 55.5 Å². The minimum Gasteiger partial charge on any atom is -0.308 e. The van der Waals surface area contributed by atoms with Crippen molar-refractivity contribution in [2.24, 2.45) is 0 Å². The van der Waals surface area contributed by atoms with Gasteiger partial charge in [-0.2, -0.15) is 10.5 Å². The van der Waals surface area contributed by atoms with Crippen LogP contribution in [0.4, 0.5) is 0 Å². The fraction of sp³-hybridized carbons (Fsp3) is 0.0204. The van der Waals surface area contributed by atoms with Crippen molar-refractivity contribution in [2.45, 2.75) is 6.92 Å². The molecule has 9 aromatic rings. The first-order chi connectivity index (χ1) is 26.6. The number of aromatic nitrogens is 3. The fourth-order valence-electron chi connectivity index (χ4n) is 7.46. The van der Waals surface area contributed by atoms with Crippen molar-refractivity contribution in [3.63, 3.8) is 0 Å². The molecule has 0 bridgehead atoms. The van der Waals surface area contributed by atoms with Crippen LogP contribution in [0.25, 0.3) is 83.6 Å². The Bertz CT molecular complexity index is 2830.